The molecule has 18 heavy (non-hydrogen) atoms. The van der Waals surface area contributed by atoms with Gasteiger partial charge in [-0.1, -0.05) is 6.92 Å². The van der Waals surface area contributed by atoms with Crippen molar-refractivity contribution in [2.24, 2.45) is 5.41 Å². The highest BCUT2D eigenvalue weighted by molar-refractivity contribution is 14.1. The lowest BCUT2D eigenvalue weighted by atomic mass is 10.1. The predicted octanol–water partition coefficient (Wildman–Crippen LogP) is 4.32. The average molecular weight is 379 g/mol. The largest absolute Gasteiger partial charge is 0.326 e. The minimum atomic E-state index is -0.189. The molecule has 1 saturated carbocycles. The van der Waals surface area contributed by atoms with Crippen molar-refractivity contribution in [1.29, 1.82) is 0 Å². The summed E-state index contributed by atoms with van der Waals surface area (Å²) in [6, 6.07) is 3.36. The second-order valence-corrected chi connectivity index (χ2v) is 6.74. The molecular weight excluding hydrogens is 366 g/mol. The number of rotatable bonds is 3. The summed E-state index contributed by atoms with van der Waals surface area (Å²) in [5, 5.41) is 0. The topological polar surface area (TPSA) is 17.8 Å². The van der Waals surface area contributed by atoms with Crippen LogP contribution in [0.2, 0.25) is 0 Å². The van der Waals surface area contributed by atoms with Crippen LogP contribution in [0.15, 0.2) is 12.1 Å². The van der Waals surface area contributed by atoms with E-state index < -0.39 is 0 Å². The van der Waals surface area contributed by atoms with Gasteiger partial charge in [-0.15, -0.1) is 11.6 Å². The van der Waals surface area contributed by atoms with Crippen LogP contribution in [0.5, 0.6) is 0 Å². The molecule has 0 bridgehead atoms. The summed E-state index contributed by atoms with van der Waals surface area (Å²) >= 11 is 7.94. The van der Waals surface area contributed by atoms with E-state index in [1.165, 1.54) is 12.8 Å². The molecule has 1 aromatic heterocycles. The fourth-order valence-corrected chi connectivity index (χ4v) is 2.86. The van der Waals surface area contributed by atoms with Crippen LogP contribution < -0.4 is 0 Å². The molecule has 1 heterocycles. The van der Waals surface area contributed by atoms with E-state index in [2.05, 4.69) is 16.5 Å². The van der Waals surface area contributed by atoms with Gasteiger partial charge < -0.3 is 4.57 Å². The van der Waals surface area contributed by atoms with Gasteiger partial charge in [0, 0.05) is 12.6 Å². The van der Waals surface area contributed by atoms with E-state index in [0.717, 1.165) is 23.4 Å². The van der Waals surface area contributed by atoms with Crippen molar-refractivity contribution in [3.63, 3.8) is 0 Å². The van der Waals surface area contributed by atoms with Crippen molar-refractivity contribution in [1.82, 2.24) is 9.55 Å². The van der Waals surface area contributed by atoms with Gasteiger partial charge in [0.2, 0.25) is 0 Å². The first kappa shape index (κ1) is 12.7. The summed E-state index contributed by atoms with van der Waals surface area (Å²) in [6.45, 7) is 3.13. The SMILES string of the molecule is CC1(Cn2c(CCl)nc3cc(I)c(F)cc32)CC1. The third-order valence-electron chi connectivity index (χ3n) is 3.63. The Balaban J connectivity index is 2.17. The van der Waals surface area contributed by atoms with Gasteiger partial charge >= 0.3 is 0 Å². The molecule has 1 aliphatic rings. The molecule has 96 valence electrons. The second kappa shape index (κ2) is 4.34. The van der Waals surface area contributed by atoms with Crippen LogP contribution in [-0.2, 0) is 12.4 Å². The zero-order chi connectivity index (χ0) is 12.9. The van der Waals surface area contributed by atoms with Gasteiger partial charge in [0.1, 0.15) is 11.6 Å². The standard InChI is InChI=1S/C13H13ClFIN2/c1-13(2-3-13)7-18-11-4-8(15)9(16)5-10(11)17-12(18)6-14/h4-5H,2-3,6-7H2,1H3. The minimum Gasteiger partial charge on any atom is -0.326 e. The fraction of sp³-hybridized carbons (Fsp3) is 0.462. The number of fused-ring (bicyclic) bond motifs is 1. The first-order valence-corrected chi connectivity index (χ1v) is 7.54. The molecule has 1 fully saturated rings. The molecule has 0 amide bonds. The molecule has 3 rings (SSSR count). The molecule has 0 N–H and O–H groups in total. The zero-order valence-corrected chi connectivity index (χ0v) is 12.9. The maximum absolute atomic E-state index is 13.7. The first-order valence-electron chi connectivity index (χ1n) is 5.92. The highest BCUT2D eigenvalue weighted by Crippen LogP contribution is 2.47. The molecular formula is C13H13ClFIN2. The van der Waals surface area contributed by atoms with Gasteiger partial charge in [-0.05, 0) is 46.9 Å². The maximum Gasteiger partial charge on any atom is 0.138 e. The highest BCUT2D eigenvalue weighted by Gasteiger charge is 2.38. The Morgan fingerprint density at radius 3 is 2.83 bits per heavy atom. The Morgan fingerprint density at radius 1 is 1.50 bits per heavy atom. The van der Waals surface area contributed by atoms with Gasteiger partial charge in [-0.3, -0.25) is 0 Å². The first-order chi connectivity index (χ1) is 8.52. The monoisotopic (exact) mass is 378 g/mol. The van der Waals surface area contributed by atoms with Crippen LogP contribution in [0.4, 0.5) is 4.39 Å². The Morgan fingerprint density at radius 2 is 2.22 bits per heavy atom. The summed E-state index contributed by atoms with van der Waals surface area (Å²) in [4.78, 5) is 4.50. The number of nitrogens with zero attached hydrogens (tertiary/aromatic N) is 2. The number of imidazole rings is 1. The second-order valence-electron chi connectivity index (χ2n) is 5.31. The summed E-state index contributed by atoms with van der Waals surface area (Å²) in [5.41, 5.74) is 2.03. The number of hydrogen-bond donors (Lipinski definition) is 0. The van der Waals surface area contributed by atoms with Crippen molar-refractivity contribution in [3.8, 4) is 0 Å². The molecule has 2 nitrogen and oxygen atoms in total. The average Bonchev–Trinajstić information content (AvgIpc) is 2.97. The van der Waals surface area contributed by atoms with Crippen LogP contribution in [0.1, 0.15) is 25.6 Å². The van der Waals surface area contributed by atoms with Gasteiger partial charge in [-0.25, -0.2) is 9.37 Å². The molecule has 1 aliphatic carbocycles. The Labute approximate surface area is 124 Å². The van der Waals surface area contributed by atoms with Crippen molar-refractivity contribution in [2.75, 3.05) is 0 Å². The third kappa shape index (κ3) is 2.13. The molecule has 2 aromatic rings. The zero-order valence-electron chi connectivity index (χ0n) is 10.0. The molecule has 0 saturated heterocycles. The van der Waals surface area contributed by atoms with E-state index >= 15 is 0 Å². The number of hydrogen-bond acceptors (Lipinski definition) is 1. The summed E-state index contributed by atoms with van der Waals surface area (Å²) in [6.07, 6.45) is 2.45. The third-order valence-corrected chi connectivity index (χ3v) is 4.70. The molecule has 0 atom stereocenters. The van der Waals surface area contributed by atoms with Crippen LogP contribution in [0, 0.1) is 14.8 Å². The van der Waals surface area contributed by atoms with Crippen LogP contribution in [-0.4, -0.2) is 9.55 Å². The Bertz CT molecular complexity index is 619. The summed E-state index contributed by atoms with van der Waals surface area (Å²) < 4.78 is 16.4. The van der Waals surface area contributed by atoms with Crippen LogP contribution >= 0.6 is 34.2 Å². The lowest BCUT2D eigenvalue weighted by Crippen LogP contribution is -2.10. The number of halogens is 3. The lowest BCUT2D eigenvalue weighted by Gasteiger charge is -2.13. The molecule has 0 spiro atoms. The molecule has 1 aromatic carbocycles. The molecule has 0 unspecified atom stereocenters. The predicted molar refractivity (Wildman–Crippen MR) is 79.3 cm³/mol. The van der Waals surface area contributed by atoms with Gasteiger partial charge in [0.05, 0.1) is 20.5 Å². The van der Waals surface area contributed by atoms with Crippen LogP contribution in [0.3, 0.4) is 0 Å². The lowest BCUT2D eigenvalue weighted by molar-refractivity contribution is 0.464. The normalized spacial score (nSPS) is 17.3. The number of benzene rings is 1. The molecule has 5 heteroatoms. The van der Waals surface area contributed by atoms with E-state index in [1.807, 2.05) is 22.6 Å². The Kier molecular flexibility index (Phi) is 3.05. The Hall–Kier alpha value is -0.360. The van der Waals surface area contributed by atoms with Crippen molar-refractivity contribution >= 4 is 45.2 Å². The molecule has 0 radical (unpaired) electrons. The smallest absolute Gasteiger partial charge is 0.138 e. The fourth-order valence-electron chi connectivity index (χ4n) is 2.20. The van der Waals surface area contributed by atoms with E-state index in [4.69, 9.17) is 11.6 Å². The summed E-state index contributed by atoms with van der Waals surface area (Å²) in [7, 11) is 0. The van der Waals surface area contributed by atoms with E-state index in [1.54, 1.807) is 12.1 Å². The molecule has 0 aliphatic heterocycles. The minimum absolute atomic E-state index is 0.189. The summed E-state index contributed by atoms with van der Waals surface area (Å²) in [5.74, 6) is 1.01. The van der Waals surface area contributed by atoms with Crippen molar-refractivity contribution in [3.05, 3.63) is 27.3 Å². The number of alkyl halides is 1. The van der Waals surface area contributed by atoms with Crippen molar-refractivity contribution < 1.29 is 4.39 Å². The highest BCUT2D eigenvalue weighted by atomic mass is 127. The van der Waals surface area contributed by atoms with Gasteiger partial charge in [-0.2, -0.15) is 0 Å². The van der Waals surface area contributed by atoms with E-state index in [0.29, 0.717) is 14.9 Å². The number of aromatic nitrogens is 2. The van der Waals surface area contributed by atoms with Gasteiger partial charge in [0.25, 0.3) is 0 Å². The maximum atomic E-state index is 13.7. The van der Waals surface area contributed by atoms with Gasteiger partial charge in [0.15, 0.2) is 0 Å². The van der Waals surface area contributed by atoms with Crippen molar-refractivity contribution in [2.45, 2.75) is 32.2 Å². The quantitative estimate of drug-likeness (QED) is 0.574. The van der Waals surface area contributed by atoms with E-state index in [-0.39, 0.29) is 5.82 Å². The van der Waals surface area contributed by atoms with Crippen LogP contribution in [0.25, 0.3) is 11.0 Å². The van der Waals surface area contributed by atoms with E-state index in [9.17, 15) is 4.39 Å².